The van der Waals surface area contributed by atoms with Crippen LogP contribution in [-0.2, 0) is 6.54 Å². The molecule has 2 nitrogen and oxygen atoms in total. The maximum Gasteiger partial charge on any atom is 0.389 e. The fraction of sp³-hybridized carbons (Fsp3) is 0.600. The molecule has 1 aromatic carbocycles. The van der Waals surface area contributed by atoms with E-state index in [0.29, 0.717) is 12.6 Å². The Balaban J connectivity index is 2.07. The zero-order valence-corrected chi connectivity index (χ0v) is 11.7. The lowest BCUT2D eigenvalue weighted by atomic mass is 10.1. The van der Waals surface area contributed by atoms with Crippen LogP contribution in [0.1, 0.15) is 31.7 Å². The summed E-state index contributed by atoms with van der Waals surface area (Å²) in [7, 11) is 0. The lowest BCUT2D eigenvalue weighted by Gasteiger charge is -2.27. The van der Waals surface area contributed by atoms with Gasteiger partial charge in [0.2, 0.25) is 0 Å². The average Bonchev–Trinajstić information content (AvgIpc) is 2.57. The number of fused-ring (bicyclic) bond motifs is 1. The molecule has 0 radical (unpaired) electrons. The monoisotopic (exact) mass is 286 g/mol. The second kappa shape index (κ2) is 6.48. The summed E-state index contributed by atoms with van der Waals surface area (Å²) in [4.78, 5) is 2.09. The number of rotatable bonds is 4. The maximum absolute atomic E-state index is 12.3. The first-order valence-electron chi connectivity index (χ1n) is 7.12. The largest absolute Gasteiger partial charge is 0.389 e. The van der Waals surface area contributed by atoms with Gasteiger partial charge in [0.25, 0.3) is 0 Å². The predicted octanol–water partition coefficient (Wildman–Crippen LogP) is 3.72. The number of nitrogens with zero attached hydrogens (tertiary/aromatic N) is 1. The maximum atomic E-state index is 12.3. The van der Waals surface area contributed by atoms with Crippen LogP contribution in [0.3, 0.4) is 0 Å². The number of para-hydroxylation sites is 1. The third-order valence-electron chi connectivity index (χ3n) is 3.74. The van der Waals surface area contributed by atoms with Gasteiger partial charge in [-0.3, -0.25) is 0 Å². The van der Waals surface area contributed by atoms with E-state index in [1.165, 1.54) is 0 Å². The van der Waals surface area contributed by atoms with Crippen molar-refractivity contribution < 1.29 is 13.2 Å². The zero-order chi connectivity index (χ0) is 14.6. The second-order valence-corrected chi connectivity index (χ2v) is 5.28. The fourth-order valence-corrected chi connectivity index (χ4v) is 2.61. The summed E-state index contributed by atoms with van der Waals surface area (Å²) in [6.45, 7) is 4.10. The van der Waals surface area contributed by atoms with Gasteiger partial charge in [-0.05, 0) is 24.5 Å². The Kier molecular flexibility index (Phi) is 4.91. The number of hydrogen-bond acceptors (Lipinski definition) is 2. The molecule has 112 valence electrons. The summed E-state index contributed by atoms with van der Waals surface area (Å²) < 4.78 is 36.9. The van der Waals surface area contributed by atoms with Gasteiger partial charge < -0.3 is 10.2 Å². The predicted molar refractivity (Wildman–Crippen MR) is 74.9 cm³/mol. The van der Waals surface area contributed by atoms with Crippen LogP contribution in [0.5, 0.6) is 0 Å². The van der Waals surface area contributed by atoms with Crippen LogP contribution in [-0.4, -0.2) is 25.3 Å². The van der Waals surface area contributed by atoms with Gasteiger partial charge in [-0.2, -0.15) is 13.2 Å². The van der Waals surface area contributed by atoms with E-state index in [0.717, 1.165) is 30.8 Å². The molecule has 0 amide bonds. The SMILES string of the molecule is CCC1CN(CCCC(F)(F)F)c2ccccc2CN1. The number of nitrogens with one attached hydrogen (secondary N) is 1. The van der Waals surface area contributed by atoms with Crippen molar-refractivity contribution in [3.05, 3.63) is 29.8 Å². The Hall–Kier alpha value is -1.23. The molecule has 0 aromatic heterocycles. The van der Waals surface area contributed by atoms with E-state index in [2.05, 4.69) is 17.1 Å². The normalized spacial score (nSPS) is 19.6. The third kappa shape index (κ3) is 4.13. The minimum atomic E-state index is -4.06. The molecule has 0 spiro atoms. The van der Waals surface area contributed by atoms with E-state index in [1.54, 1.807) is 0 Å². The number of anilines is 1. The van der Waals surface area contributed by atoms with E-state index < -0.39 is 12.6 Å². The molecule has 20 heavy (non-hydrogen) atoms. The topological polar surface area (TPSA) is 15.3 Å². The summed E-state index contributed by atoms with van der Waals surface area (Å²) in [5.74, 6) is 0. The van der Waals surface area contributed by atoms with Crippen molar-refractivity contribution >= 4 is 5.69 Å². The second-order valence-electron chi connectivity index (χ2n) is 5.28. The molecular formula is C15H21F3N2. The molecule has 1 heterocycles. The van der Waals surface area contributed by atoms with Crippen molar-refractivity contribution in [3.8, 4) is 0 Å². The fourth-order valence-electron chi connectivity index (χ4n) is 2.61. The molecule has 1 aromatic rings. The summed E-state index contributed by atoms with van der Waals surface area (Å²) >= 11 is 0. The van der Waals surface area contributed by atoms with Gasteiger partial charge in [0.1, 0.15) is 0 Å². The van der Waals surface area contributed by atoms with Gasteiger partial charge in [-0.15, -0.1) is 0 Å². The number of hydrogen-bond donors (Lipinski definition) is 1. The Morgan fingerprint density at radius 1 is 1.30 bits per heavy atom. The van der Waals surface area contributed by atoms with Gasteiger partial charge >= 0.3 is 6.18 Å². The van der Waals surface area contributed by atoms with Gasteiger partial charge in [-0.25, -0.2) is 0 Å². The Morgan fingerprint density at radius 2 is 2.05 bits per heavy atom. The Labute approximate surface area is 118 Å². The van der Waals surface area contributed by atoms with Gasteiger partial charge in [-0.1, -0.05) is 25.1 Å². The van der Waals surface area contributed by atoms with E-state index in [9.17, 15) is 13.2 Å². The number of benzene rings is 1. The number of alkyl halides is 3. The zero-order valence-electron chi connectivity index (χ0n) is 11.7. The number of halogens is 3. The molecule has 5 heteroatoms. The highest BCUT2D eigenvalue weighted by molar-refractivity contribution is 5.54. The Morgan fingerprint density at radius 3 is 2.75 bits per heavy atom. The summed E-state index contributed by atoms with van der Waals surface area (Å²) in [6.07, 6.45) is -3.65. The first-order valence-corrected chi connectivity index (χ1v) is 7.12. The molecule has 2 rings (SSSR count). The molecule has 0 bridgehead atoms. The molecular weight excluding hydrogens is 265 g/mol. The van der Waals surface area contributed by atoms with Crippen LogP contribution in [0.15, 0.2) is 24.3 Å². The van der Waals surface area contributed by atoms with Crippen LogP contribution in [0.25, 0.3) is 0 Å². The molecule has 1 aliphatic heterocycles. The van der Waals surface area contributed by atoms with Crippen molar-refractivity contribution in [2.75, 3.05) is 18.0 Å². The standard InChI is InChI=1S/C15H21F3N2/c1-2-13-11-20(9-5-8-15(16,17)18)14-7-4-3-6-12(14)10-19-13/h3-4,6-7,13,19H,2,5,8-11H2,1H3. The lowest BCUT2D eigenvalue weighted by molar-refractivity contribution is -0.135. The van der Waals surface area contributed by atoms with Gasteiger partial charge in [0.05, 0.1) is 0 Å². The minimum Gasteiger partial charge on any atom is -0.370 e. The van der Waals surface area contributed by atoms with Gasteiger partial charge in [0.15, 0.2) is 0 Å². The van der Waals surface area contributed by atoms with Crippen LogP contribution in [0.2, 0.25) is 0 Å². The molecule has 0 saturated heterocycles. The third-order valence-corrected chi connectivity index (χ3v) is 3.74. The molecule has 0 saturated carbocycles. The highest BCUT2D eigenvalue weighted by Gasteiger charge is 2.27. The summed E-state index contributed by atoms with van der Waals surface area (Å²) in [5.41, 5.74) is 2.23. The van der Waals surface area contributed by atoms with Crippen LogP contribution in [0.4, 0.5) is 18.9 Å². The van der Waals surface area contributed by atoms with Crippen LogP contribution in [0, 0.1) is 0 Å². The minimum absolute atomic E-state index is 0.147. The average molecular weight is 286 g/mol. The molecule has 1 N–H and O–H groups in total. The molecule has 1 unspecified atom stereocenters. The molecule has 0 fully saturated rings. The van der Waals surface area contributed by atoms with Gasteiger partial charge in [0, 0.05) is 37.8 Å². The molecule has 0 aliphatic carbocycles. The van der Waals surface area contributed by atoms with E-state index >= 15 is 0 Å². The van der Waals surface area contributed by atoms with E-state index in [4.69, 9.17) is 0 Å². The quantitative estimate of drug-likeness (QED) is 0.907. The van der Waals surface area contributed by atoms with E-state index in [-0.39, 0.29) is 6.42 Å². The lowest BCUT2D eigenvalue weighted by Crippen LogP contribution is -2.38. The molecule has 1 atom stereocenters. The smallest absolute Gasteiger partial charge is 0.370 e. The van der Waals surface area contributed by atoms with Crippen molar-refractivity contribution in [2.45, 2.75) is 44.9 Å². The summed E-state index contributed by atoms with van der Waals surface area (Å²) in [6, 6.07) is 8.29. The molecule has 1 aliphatic rings. The van der Waals surface area contributed by atoms with Crippen LogP contribution >= 0.6 is 0 Å². The summed E-state index contributed by atoms with van der Waals surface area (Å²) in [5, 5.41) is 3.46. The van der Waals surface area contributed by atoms with Crippen molar-refractivity contribution in [3.63, 3.8) is 0 Å². The van der Waals surface area contributed by atoms with Crippen LogP contribution < -0.4 is 10.2 Å². The van der Waals surface area contributed by atoms with Crippen molar-refractivity contribution in [1.29, 1.82) is 0 Å². The van der Waals surface area contributed by atoms with E-state index in [1.807, 2.05) is 24.3 Å². The first kappa shape index (κ1) is 15.2. The highest BCUT2D eigenvalue weighted by atomic mass is 19.4. The first-order chi connectivity index (χ1) is 9.49. The van der Waals surface area contributed by atoms with Crippen molar-refractivity contribution in [2.24, 2.45) is 0 Å². The highest BCUT2D eigenvalue weighted by Crippen LogP contribution is 2.26. The Bertz CT molecular complexity index is 431. The van der Waals surface area contributed by atoms with Crippen molar-refractivity contribution in [1.82, 2.24) is 5.32 Å².